The van der Waals surface area contributed by atoms with Crippen molar-refractivity contribution < 1.29 is 19.1 Å². The normalized spacial score (nSPS) is 10.6. The van der Waals surface area contributed by atoms with E-state index in [1.54, 1.807) is 32.2 Å². The van der Waals surface area contributed by atoms with Crippen LogP contribution in [0.4, 0.5) is 5.82 Å². The highest BCUT2D eigenvalue weighted by molar-refractivity contribution is 6.01. The van der Waals surface area contributed by atoms with E-state index in [9.17, 15) is 19.2 Å². The minimum absolute atomic E-state index is 0.0236. The first-order chi connectivity index (χ1) is 16.4. The minimum Gasteiger partial charge on any atom is -0.496 e. The van der Waals surface area contributed by atoms with Gasteiger partial charge in [-0.2, -0.15) is 0 Å². The van der Waals surface area contributed by atoms with E-state index < -0.39 is 29.6 Å². The number of rotatable bonds is 10. The van der Waals surface area contributed by atoms with Crippen LogP contribution >= 0.6 is 0 Å². The molecule has 0 amide bonds. The van der Waals surface area contributed by atoms with Crippen LogP contribution < -0.4 is 21.7 Å². The van der Waals surface area contributed by atoms with Crippen molar-refractivity contribution in [1.82, 2.24) is 9.13 Å². The van der Waals surface area contributed by atoms with E-state index in [-0.39, 0.29) is 30.9 Å². The van der Waals surface area contributed by atoms with E-state index >= 15 is 0 Å². The third-order valence-electron chi connectivity index (χ3n) is 5.40. The summed E-state index contributed by atoms with van der Waals surface area (Å²) in [7, 11) is 1.54. The Morgan fingerprint density at radius 2 is 1.65 bits per heavy atom. The maximum absolute atomic E-state index is 12.8. The van der Waals surface area contributed by atoms with Crippen molar-refractivity contribution in [1.29, 1.82) is 0 Å². The number of para-hydroxylation sites is 1. The summed E-state index contributed by atoms with van der Waals surface area (Å²) in [6.07, 6.45) is 0.388. The molecule has 0 aliphatic carbocycles. The highest BCUT2D eigenvalue weighted by Crippen LogP contribution is 2.19. The molecule has 0 aliphatic rings. The lowest BCUT2D eigenvalue weighted by Gasteiger charge is -2.16. The summed E-state index contributed by atoms with van der Waals surface area (Å²) in [6.45, 7) is 1.12. The Kier molecular flexibility index (Phi) is 8.02. The summed E-state index contributed by atoms with van der Waals surface area (Å²) >= 11 is 0. The predicted octanol–water partition coefficient (Wildman–Crippen LogP) is 2.03. The van der Waals surface area contributed by atoms with Gasteiger partial charge in [-0.05, 0) is 30.5 Å². The quantitative estimate of drug-likeness (QED) is 0.359. The van der Waals surface area contributed by atoms with Crippen LogP contribution in [0.25, 0.3) is 0 Å². The highest BCUT2D eigenvalue weighted by Gasteiger charge is 2.23. The predicted molar refractivity (Wildman–Crippen MR) is 127 cm³/mol. The Hall–Kier alpha value is -4.14. The van der Waals surface area contributed by atoms with Crippen LogP contribution in [0.5, 0.6) is 5.75 Å². The number of Topliss-reactive ketones (excluding diaryl/α,β-unsaturated/α-hetero) is 1. The van der Waals surface area contributed by atoms with Crippen molar-refractivity contribution in [2.45, 2.75) is 32.9 Å². The van der Waals surface area contributed by atoms with E-state index in [2.05, 4.69) is 0 Å². The Labute approximate surface area is 196 Å². The summed E-state index contributed by atoms with van der Waals surface area (Å²) in [4.78, 5) is 50.7. The van der Waals surface area contributed by atoms with Crippen LogP contribution in [0.3, 0.4) is 0 Å². The summed E-state index contributed by atoms with van der Waals surface area (Å²) in [5, 5.41) is 0. The number of esters is 1. The second kappa shape index (κ2) is 11.1. The minimum atomic E-state index is -0.801. The SMILES string of the molecule is CCn1c(=O)c(C(=O)COC(=O)CCc2ccccc2OC)c(N)n(Cc2ccccc2)c1=O. The molecule has 0 saturated carbocycles. The fraction of sp³-hybridized carbons (Fsp3) is 0.280. The summed E-state index contributed by atoms with van der Waals surface area (Å²) < 4.78 is 12.5. The molecule has 3 rings (SSSR count). The molecule has 0 saturated heterocycles. The number of carbonyl (C=O) groups excluding carboxylic acids is 2. The highest BCUT2D eigenvalue weighted by atomic mass is 16.5. The van der Waals surface area contributed by atoms with Crippen molar-refractivity contribution in [2.75, 3.05) is 19.5 Å². The third-order valence-corrected chi connectivity index (χ3v) is 5.40. The van der Waals surface area contributed by atoms with Crippen LogP contribution in [0, 0.1) is 0 Å². The van der Waals surface area contributed by atoms with E-state index in [0.717, 1.165) is 15.7 Å². The van der Waals surface area contributed by atoms with Gasteiger partial charge >= 0.3 is 11.7 Å². The van der Waals surface area contributed by atoms with Crippen LogP contribution in [0.15, 0.2) is 64.2 Å². The zero-order valence-corrected chi connectivity index (χ0v) is 19.2. The average Bonchev–Trinajstić information content (AvgIpc) is 2.85. The number of ether oxygens (including phenoxy) is 2. The van der Waals surface area contributed by atoms with Crippen molar-refractivity contribution in [3.8, 4) is 5.75 Å². The zero-order valence-electron chi connectivity index (χ0n) is 19.2. The molecule has 0 bridgehead atoms. The van der Waals surface area contributed by atoms with Gasteiger partial charge in [-0.25, -0.2) is 4.79 Å². The molecular formula is C25H27N3O6. The average molecular weight is 466 g/mol. The molecule has 1 aromatic heterocycles. The summed E-state index contributed by atoms with van der Waals surface area (Å²) in [5.74, 6) is -0.970. The Bertz CT molecular complexity index is 1290. The van der Waals surface area contributed by atoms with E-state index in [4.69, 9.17) is 15.2 Å². The molecule has 1 heterocycles. The van der Waals surface area contributed by atoms with Crippen molar-refractivity contribution in [3.63, 3.8) is 0 Å². The molecule has 0 atom stereocenters. The number of aromatic nitrogens is 2. The molecule has 0 fully saturated rings. The molecule has 9 heteroatoms. The molecule has 0 spiro atoms. The van der Waals surface area contributed by atoms with Gasteiger partial charge in [-0.15, -0.1) is 0 Å². The van der Waals surface area contributed by atoms with Crippen molar-refractivity contribution >= 4 is 17.6 Å². The number of nitrogen functional groups attached to an aromatic ring is 1. The lowest BCUT2D eigenvalue weighted by atomic mass is 10.1. The topological polar surface area (TPSA) is 123 Å². The number of benzene rings is 2. The van der Waals surface area contributed by atoms with E-state index in [1.807, 2.05) is 36.4 Å². The van der Waals surface area contributed by atoms with Gasteiger partial charge in [-0.3, -0.25) is 23.5 Å². The van der Waals surface area contributed by atoms with E-state index in [1.165, 1.54) is 4.57 Å². The van der Waals surface area contributed by atoms with Gasteiger partial charge in [0.2, 0.25) is 5.78 Å². The Morgan fingerprint density at radius 1 is 0.971 bits per heavy atom. The first kappa shape index (κ1) is 24.5. The number of methoxy groups -OCH3 is 1. The second-order valence-electron chi connectivity index (χ2n) is 7.56. The molecule has 0 unspecified atom stereocenters. The van der Waals surface area contributed by atoms with Gasteiger partial charge in [-0.1, -0.05) is 48.5 Å². The maximum Gasteiger partial charge on any atom is 0.332 e. The van der Waals surface area contributed by atoms with Gasteiger partial charge in [0.1, 0.15) is 17.1 Å². The summed E-state index contributed by atoms with van der Waals surface area (Å²) in [6, 6.07) is 16.3. The molecule has 34 heavy (non-hydrogen) atoms. The number of carbonyl (C=O) groups is 2. The number of aryl methyl sites for hydroxylation is 1. The van der Waals surface area contributed by atoms with Gasteiger partial charge in [0.25, 0.3) is 5.56 Å². The van der Waals surface area contributed by atoms with Crippen LogP contribution in [-0.2, 0) is 29.0 Å². The first-order valence-corrected chi connectivity index (χ1v) is 10.8. The van der Waals surface area contributed by atoms with Gasteiger partial charge in [0.05, 0.1) is 13.7 Å². The largest absolute Gasteiger partial charge is 0.496 e. The monoisotopic (exact) mass is 465 g/mol. The second-order valence-corrected chi connectivity index (χ2v) is 7.56. The number of hydrogen-bond donors (Lipinski definition) is 1. The Balaban J connectivity index is 1.77. The van der Waals surface area contributed by atoms with Crippen LogP contribution in [0.2, 0.25) is 0 Å². The number of nitrogens with two attached hydrogens (primary N) is 1. The maximum atomic E-state index is 12.8. The molecule has 3 aromatic rings. The van der Waals surface area contributed by atoms with Gasteiger partial charge in [0.15, 0.2) is 6.61 Å². The smallest absolute Gasteiger partial charge is 0.332 e. The first-order valence-electron chi connectivity index (χ1n) is 10.8. The molecule has 0 radical (unpaired) electrons. The number of nitrogens with zero attached hydrogens (tertiary/aromatic N) is 2. The molecule has 0 aliphatic heterocycles. The van der Waals surface area contributed by atoms with Crippen molar-refractivity contribution in [2.24, 2.45) is 0 Å². The summed E-state index contributed by atoms with van der Waals surface area (Å²) in [5.41, 5.74) is 5.93. The lowest BCUT2D eigenvalue weighted by molar-refractivity contribution is -0.142. The van der Waals surface area contributed by atoms with Crippen LogP contribution in [0.1, 0.15) is 34.8 Å². The number of hydrogen-bond acceptors (Lipinski definition) is 7. The molecule has 9 nitrogen and oxygen atoms in total. The molecule has 2 aromatic carbocycles. The number of ketones is 1. The van der Waals surface area contributed by atoms with Crippen LogP contribution in [-0.4, -0.2) is 34.6 Å². The fourth-order valence-electron chi connectivity index (χ4n) is 3.61. The van der Waals surface area contributed by atoms with Crippen molar-refractivity contribution in [3.05, 3.63) is 92.1 Å². The molecule has 2 N–H and O–H groups in total. The lowest BCUT2D eigenvalue weighted by Crippen LogP contribution is -2.44. The third kappa shape index (κ3) is 5.43. The molecule has 178 valence electrons. The van der Waals surface area contributed by atoms with E-state index in [0.29, 0.717) is 12.2 Å². The molecular weight excluding hydrogens is 438 g/mol. The standard InChI is InChI=1S/C25H27N3O6/c1-3-27-24(31)22(23(26)28(25(27)32)15-17-9-5-4-6-10-17)19(29)16-34-21(30)14-13-18-11-7-8-12-20(18)33-2/h4-12H,3,13-16,26H2,1-2H3. The van der Waals surface area contributed by atoms with Gasteiger partial charge in [0, 0.05) is 13.0 Å². The van der Waals surface area contributed by atoms with Gasteiger partial charge < -0.3 is 15.2 Å². The zero-order chi connectivity index (χ0) is 24.7. The number of anilines is 1. The Morgan fingerprint density at radius 3 is 2.32 bits per heavy atom. The fourth-order valence-corrected chi connectivity index (χ4v) is 3.61.